The zero-order valence-electron chi connectivity index (χ0n) is 10.4. The fraction of sp³-hybridized carbons (Fsp3) is 0.182. The highest BCUT2D eigenvalue weighted by Gasteiger charge is 2.24. The van der Waals surface area contributed by atoms with E-state index < -0.39 is 15.9 Å². The van der Waals surface area contributed by atoms with Crippen LogP contribution in [0.1, 0.15) is 10.6 Å². The van der Waals surface area contributed by atoms with Gasteiger partial charge in [-0.1, -0.05) is 12.1 Å². The molecule has 0 saturated heterocycles. The number of hydrogen-bond donors (Lipinski definition) is 1. The SMILES string of the molecule is CN(C)S(=O)(=O)c1nc(C(N)=O)nc2ccccc12. The number of primary amides is 1. The molecule has 1 heterocycles. The van der Waals surface area contributed by atoms with Gasteiger partial charge in [-0.2, -0.15) is 0 Å². The van der Waals surface area contributed by atoms with Crippen LogP contribution < -0.4 is 5.73 Å². The summed E-state index contributed by atoms with van der Waals surface area (Å²) in [6.07, 6.45) is 0. The highest BCUT2D eigenvalue weighted by molar-refractivity contribution is 7.89. The normalized spacial score (nSPS) is 11.9. The summed E-state index contributed by atoms with van der Waals surface area (Å²) in [4.78, 5) is 18.9. The fourth-order valence-electron chi connectivity index (χ4n) is 1.53. The Balaban J connectivity index is 2.89. The van der Waals surface area contributed by atoms with E-state index >= 15 is 0 Å². The first kappa shape index (κ1) is 13.4. The number of carbonyl (C=O) groups is 1. The molecule has 0 radical (unpaired) electrons. The first-order valence-corrected chi connectivity index (χ1v) is 6.77. The summed E-state index contributed by atoms with van der Waals surface area (Å²) >= 11 is 0. The van der Waals surface area contributed by atoms with Crippen LogP contribution in [0.25, 0.3) is 10.9 Å². The van der Waals surface area contributed by atoms with Crippen molar-refractivity contribution >= 4 is 26.8 Å². The number of fused-ring (bicyclic) bond motifs is 1. The first-order chi connectivity index (χ1) is 8.84. The number of nitrogens with two attached hydrogens (primary N) is 1. The molecule has 1 aromatic carbocycles. The minimum atomic E-state index is -3.79. The highest BCUT2D eigenvalue weighted by Crippen LogP contribution is 2.21. The average Bonchev–Trinajstić information content (AvgIpc) is 2.37. The van der Waals surface area contributed by atoms with Gasteiger partial charge in [-0.25, -0.2) is 22.7 Å². The minimum absolute atomic E-state index is 0.225. The number of aromatic nitrogens is 2. The molecule has 0 saturated carbocycles. The summed E-state index contributed by atoms with van der Waals surface area (Å²) in [6.45, 7) is 0. The van der Waals surface area contributed by atoms with Crippen LogP contribution in [-0.2, 0) is 10.0 Å². The van der Waals surface area contributed by atoms with Crippen LogP contribution in [0.4, 0.5) is 0 Å². The van der Waals surface area contributed by atoms with Gasteiger partial charge in [-0.15, -0.1) is 0 Å². The molecule has 19 heavy (non-hydrogen) atoms. The topological polar surface area (TPSA) is 106 Å². The maximum atomic E-state index is 12.2. The third kappa shape index (κ3) is 2.27. The molecule has 100 valence electrons. The van der Waals surface area contributed by atoms with Gasteiger partial charge in [0, 0.05) is 19.5 Å². The van der Waals surface area contributed by atoms with Crippen molar-refractivity contribution in [3.63, 3.8) is 0 Å². The van der Waals surface area contributed by atoms with Gasteiger partial charge < -0.3 is 5.73 Å². The van der Waals surface area contributed by atoms with E-state index in [9.17, 15) is 13.2 Å². The molecule has 0 aliphatic carbocycles. The second-order valence-electron chi connectivity index (χ2n) is 4.02. The Kier molecular flexibility index (Phi) is 3.21. The van der Waals surface area contributed by atoms with E-state index in [1.54, 1.807) is 24.3 Å². The number of nitrogens with zero attached hydrogens (tertiary/aromatic N) is 3. The predicted molar refractivity (Wildman–Crippen MR) is 68.9 cm³/mol. The van der Waals surface area contributed by atoms with Crippen molar-refractivity contribution in [1.29, 1.82) is 0 Å². The second kappa shape index (κ2) is 4.56. The van der Waals surface area contributed by atoms with Crippen molar-refractivity contribution in [3.8, 4) is 0 Å². The number of amides is 1. The molecule has 1 amide bonds. The van der Waals surface area contributed by atoms with Crippen molar-refractivity contribution in [2.75, 3.05) is 14.1 Å². The van der Waals surface area contributed by atoms with E-state index in [1.165, 1.54) is 14.1 Å². The molecule has 2 rings (SSSR count). The lowest BCUT2D eigenvalue weighted by Gasteiger charge is -2.12. The Morgan fingerprint density at radius 2 is 1.84 bits per heavy atom. The van der Waals surface area contributed by atoms with Crippen LogP contribution in [0.15, 0.2) is 29.3 Å². The van der Waals surface area contributed by atoms with Crippen LogP contribution in [0.5, 0.6) is 0 Å². The van der Waals surface area contributed by atoms with E-state index in [2.05, 4.69) is 9.97 Å². The summed E-state index contributed by atoms with van der Waals surface area (Å²) in [7, 11) is -1.01. The van der Waals surface area contributed by atoms with Crippen molar-refractivity contribution in [3.05, 3.63) is 30.1 Å². The number of carbonyl (C=O) groups excluding carboxylic acids is 1. The third-order valence-electron chi connectivity index (χ3n) is 2.51. The Bertz CT molecular complexity index is 756. The van der Waals surface area contributed by atoms with Gasteiger partial charge in [0.15, 0.2) is 5.03 Å². The molecule has 0 atom stereocenters. The van der Waals surface area contributed by atoms with Crippen LogP contribution in [0.3, 0.4) is 0 Å². The van der Waals surface area contributed by atoms with E-state index in [4.69, 9.17) is 5.73 Å². The zero-order valence-corrected chi connectivity index (χ0v) is 11.2. The van der Waals surface area contributed by atoms with Gasteiger partial charge >= 0.3 is 0 Å². The number of rotatable bonds is 3. The van der Waals surface area contributed by atoms with Gasteiger partial charge in [-0.05, 0) is 12.1 Å². The molecule has 0 aliphatic heterocycles. The standard InChI is InChI=1S/C11H12N4O3S/c1-15(2)19(17,18)11-7-5-3-4-6-8(7)13-10(14-11)9(12)16/h3-6H,1-2H3,(H2,12,16). The summed E-state index contributed by atoms with van der Waals surface area (Å²) in [6, 6.07) is 6.53. The minimum Gasteiger partial charge on any atom is -0.363 e. The van der Waals surface area contributed by atoms with Crippen molar-refractivity contribution in [2.45, 2.75) is 5.03 Å². The number of benzene rings is 1. The highest BCUT2D eigenvalue weighted by atomic mass is 32.2. The van der Waals surface area contributed by atoms with Gasteiger partial charge in [0.2, 0.25) is 5.82 Å². The van der Waals surface area contributed by atoms with Crippen LogP contribution >= 0.6 is 0 Å². The molecule has 2 aromatic rings. The molecule has 1 aromatic heterocycles. The Morgan fingerprint density at radius 3 is 2.42 bits per heavy atom. The monoisotopic (exact) mass is 280 g/mol. The lowest BCUT2D eigenvalue weighted by molar-refractivity contribution is 0.0990. The molecule has 0 unspecified atom stereocenters. The molecule has 0 fully saturated rings. The van der Waals surface area contributed by atoms with E-state index in [-0.39, 0.29) is 10.9 Å². The average molecular weight is 280 g/mol. The van der Waals surface area contributed by atoms with E-state index in [0.717, 1.165) is 4.31 Å². The molecular weight excluding hydrogens is 268 g/mol. The molecule has 7 nitrogen and oxygen atoms in total. The lowest BCUT2D eigenvalue weighted by Crippen LogP contribution is -2.25. The smallest absolute Gasteiger partial charge is 0.286 e. The zero-order chi connectivity index (χ0) is 14.2. The molecule has 0 aliphatic rings. The van der Waals surface area contributed by atoms with Crippen LogP contribution in [0.2, 0.25) is 0 Å². The Morgan fingerprint density at radius 1 is 1.21 bits per heavy atom. The third-order valence-corrected chi connectivity index (χ3v) is 4.28. The first-order valence-electron chi connectivity index (χ1n) is 5.33. The number of hydrogen-bond acceptors (Lipinski definition) is 5. The summed E-state index contributed by atoms with van der Waals surface area (Å²) in [5.41, 5.74) is 5.47. The number of para-hydroxylation sites is 1. The van der Waals surface area contributed by atoms with Crippen LogP contribution in [0, 0.1) is 0 Å². The maximum Gasteiger partial charge on any atom is 0.286 e. The van der Waals surface area contributed by atoms with Crippen molar-refractivity contribution in [1.82, 2.24) is 14.3 Å². The molecule has 8 heteroatoms. The summed E-state index contributed by atoms with van der Waals surface area (Å²) in [5.74, 6) is -1.19. The number of sulfonamides is 1. The second-order valence-corrected chi connectivity index (χ2v) is 6.09. The quantitative estimate of drug-likeness (QED) is 0.795. The Labute approximate surface area is 110 Å². The van der Waals surface area contributed by atoms with Gasteiger partial charge in [0.05, 0.1) is 5.52 Å². The maximum absolute atomic E-state index is 12.2. The van der Waals surface area contributed by atoms with Gasteiger partial charge in [-0.3, -0.25) is 4.79 Å². The van der Waals surface area contributed by atoms with Crippen molar-refractivity contribution < 1.29 is 13.2 Å². The lowest BCUT2D eigenvalue weighted by atomic mass is 10.2. The summed E-state index contributed by atoms with van der Waals surface area (Å²) in [5, 5.41) is 0.123. The molecule has 0 bridgehead atoms. The summed E-state index contributed by atoms with van der Waals surface area (Å²) < 4.78 is 25.4. The fourth-order valence-corrected chi connectivity index (χ4v) is 2.53. The van der Waals surface area contributed by atoms with E-state index in [1.807, 2.05) is 0 Å². The molecule has 0 spiro atoms. The van der Waals surface area contributed by atoms with Crippen molar-refractivity contribution in [2.24, 2.45) is 5.73 Å². The predicted octanol–water partition coefficient (Wildman–Crippen LogP) is -0.0210. The largest absolute Gasteiger partial charge is 0.363 e. The van der Waals surface area contributed by atoms with Gasteiger partial charge in [0.1, 0.15) is 0 Å². The van der Waals surface area contributed by atoms with E-state index in [0.29, 0.717) is 10.9 Å². The Hall–Kier alpha value is -2.06. The molecule has 2 N–H and O–H groups in total. The molecular formula is C11H12N4O3S. The van der Waals surface area contributed by atoms with Gasteiger partial charge in [0.25, 0.3) is 15.9 Å². The van der Waals surface area contributed by atoms with Crippen LogP contribution in [-0.4, -0.2) is 42.7 Å².